The van der Waals surface area contributed by atoms with Crippen LogP contribution in [0.15, 0.2) is 18.3 Å². The van der Waals surface area contributed by atoms with Gasteiger partial charge in [-0.3, -0.25) is 4.90 Å². The van der Waals surface area contributed by atoms with Crippen molar-refractivity contribution in [2.45, 2.75) is 57.0 Å². The Labute approximate surface area is 116 Å². The lowest BCUT2D eigenvalue weighted by Gasteiger charge is -2.27. The molecule has 1 atom stereocenters. The first-order valence-electron chi connectivity index (χ1n) is 7.76. The number of hydrogen-bond acceptors (Lipinski definition) is 3. The molecule has 0 spiro atoms. The van der Waals surface area contributed by atoms with E-state index in [9.17, 15) is 0 Å². The Morgan fingerprint density at radius 3 is 2.74 bits per heavy atom. The third-order valence-electron chi connectivity index (χ3n) is 4.66. The highest BCUT2D eigenvalue weighted by atomic mass is 15.2. The average Bonchev–Trinajstić information content (AvgIpc) is 2.87. The quantitative estimate of drug-likeness (QED) is 0.899. The van der Waals surface area contributed by atoms with Gasteiger partial charge in [-0.1, -0.05) is 25.3 Å². The maximum atomic E-state index is 4.61. The zero-order chi connectivity index (χ0) is 13.1. The fourth-order valence-electron chi connectivity index (χ4n) is 3.55. The Bertz CT molecular complexity index is 412. The molecule has 0 aromatic carbocycles. The van der Waals surface area contributed by atoms with Crippen molar-refractivity contribution in [1.82, 2.24) is 9.88 Å². The molecule has 3 rings (SSSR count). The van der Waals surface area contributed by atoms with Crippen LogP contribution in [0.1, 0.15) is 56.6 Å². The molecule has 0 amide bonds. The fourth-order valence-corrected chi connectivity index (χ4v) is 3.55. The zero-order valence-electron chi connectivity index (χ0n) is 11.9. The van der Waals surface area contributed by atoms with Gasteiger partial charge in [0.25, 0.3) is 0 Å². The van der Waals surface area contributed by atoms with Crippen molar-refractivity contribution in [2.24, 2.45) is 0 Å². The van der Waals surface area contributed by atoms with E-state index in [4.69, 9.17) is 0 Å². The molecule has 2 heterocycles. The summed E-state index contributed by atoms with van der Waals surface area (Å²) < 4.78 is 0. The van der Waals surface area contributed by atoms with Gasteiger partial charge < -0.3 is 5.32 Å². The zero-order valence-corrected chi connectivity index (χ0v) is 11.9. The van der Waals surface area contributed by atoms with E-state index in [1.54, 1.807) is 0 Å². The number of rotatable bonds is 3. The number of nitrogens with zero attached hydrogens (tertiary/aromatic N) is 2. The van der Waals surface area contributed by atoms with Gasteiger partial charge in [0.1, 0.15) is 5.82 Å². The minimum absolute atomic E-state index is 0.555. The van der Waals surface area contributed by atoms with Crippen LogP contribution in [0.3, 0.4) is 0 Å². The number of aromatic nitrogens is 1. The molecule has 104 valence electrons. The number of nitrogens with one attached hydrogen (secondary N) is 1. The molecule has 1 aromatic rings. The molecule has 1 aromatic heterocycles. The highest BCUT2D eigenvalue weighted by molar-refractivity contribution is 5.46. The minimum Gasteiger partial charge on any atom is -0.367 e. The molecule has 1 unspecified atom stereocenters. The maximum absolute atomic E-state index is 4.61. The molecule has 1 aliphatic carbocycles. The average molecular weight is 259 g/mol. The summed E-state index contributed by atoms with van der Waals surface area (Å²) in [6.45, 7) is 1.21. The summed E-state index contributed by atoms with van der Waals surface area (Å²) in [6, 6.07) is 5.52. The molecule has 0 bridgehead atoms. The summed E-state index contributed by atoms with van der Waals surface area (Å²) in [5.41, 5.74) is 1.40. The van der Waals surface area contributed by atoms with Crippen molar-refractivity contribution in [2.75, 3.05) is 18.9 Å². The first-order valence-corrected chi connectivity index (χ1v) is 7.76. The Morgan fingerprint density at radius 2 is 2.00 bits per heavy atom. The Balaban J connectivity index is 1.76. The highest BCUT2D eigenvalue weighted by Gasteiger charge is 2.26. The molecule has 19 heavy (non-hydrogen) atoms. The summed E-state index contributed by atoms with van der Waals surface area (Å²) in [5, 5.41) is 3.71. The minimum atomic E-state index is 0.555. The van der Waals surface area contributed by atoms with Crippen LogP contribution in [0, 0.1) is 0 Å². The predicted molar refractivity (Wildman–Crippen MR) is 79.3 cm³/mol. The topological polar surface area (TPSA) is 28.2 Å². The second kappa shape index (κ2) is 5.91. The van der Waals surface area contributed by atoms with Crippen LogP contribution in [0.2, 0.25) is 0 Å². The van der Waals surface area contributed by atoms with Crippen LogP contribution < -0.4 is 5.32 Å². The van der Waals surface area contributed by atoms with E-state index in [-0.39, 0.29) is 0 Å². The van der Waals surface area contributed by atoms with Crippen molar-refractivity contribution < 1.29 is 0 Å². The van der Waals surface area contributed by atoms with Gasteiger partial charge in [0.2, 0.25) is 0 Å². The molecule has 1 N–H and O–H groups in total. The molecular weight excluding hydrogens is 234 g/mol. The molecule has 3 nitrogen and oxygen atoms in total. The standard InChI is InChI=1S/C16H25N3/c1-19-12-6-10-15(19)14-9-5-11-17-16(14)18-13-7-3-2-4-8-13/h5,9,11,13,15H,2-4,6-8,10,12H2,1H3,(H,17,18). The number of likely N-dealkylation sites (tertiary alicyclic amines) is 1. The first kappa shape index (κ1) is 12.9. The van der Waals surface area contributed by atoms with E-state index in [0.29, 0.717) is 12.1 Å². The van der Waals surface area contributed by atoms with E-state index in [1.807, 2.05) is 6.20 Å². The second-order valence-electron chi connectivity index (χ2n) is 6.06. The van der Waals surface area contributed by atoms with E-state index in [0.717, 1.165) is 5.82 Å². The second-order valence-corrected chi connectivity index (χ2v) is 6.06. The van der Waals surface area contributed by atoms with E-state index >= 15 is 0 Å². The molecule has 2 fully saturated rings. The van der Waals surface area contributed by atoms with Gasteiger partial charge in [0.15, 0.2) is 0 Å². The molecular formula is C16H25N3. The largest absolute Gasteiger partial charge is 0.367 e. The molecule has 2 aliphatic rings. The van der Waals surface area contributed by atoms with Crippen LogP contribution in [0.25, 0.3) is 0 Å². The first-order chi connectivity index (χ1) is 9.34. The number of hydrogen-bond donors (Lipinski definition) is 1. The van der Waals surface area contributed by atoms with Gasteiger partial charge in [-0.15, -0.1) is 0 Å². The fraction of sp³-hybridized carbons (Fsp3) is 0.688. The smallest absolute Gasteiger partial charge is 0.130 e. The molecule has 3 heteroatoms. The highest BCUT2D eigenvalue weighted by Crippen LogP contribution is 2.34. The molecule has 1 saturated carbocycles. The number of anilines is 1. The normalized spacial score (nSPS) is 25.6. The molecule has 1 saturated heterocycles. The third-order valence-corrected chi connectivity index (χ3v) is 4.66. The maximum Gasteiger partial charge on any atom is 0.130 e. The third kappa shape index (κ3) is 2.92. The van der Waals surface area contributed by atoms with Crippen molar-refractivity contribution in [3.63, 3.8) is 0 Å². The van der Waals surface area contributed by atoms with Gasteiger partial charge in [-0.2, -0.15) is 0 Å². The van der Waals surface area contributed by atoms with Crippen molar-refractivity contribution in [3.05, 3.63) is 23.9 Å². The Kier molecular flexibility index (Phi) is 4.02. The lowest BCUT2D eigenvalue weighted by atomic mass is 9.95. The lowest BCUT2D eigenvalue weighted by Crippen LogP contribution is -2.25. The van der Waals surface area contributed by atoms with Crippen LogP contribution in [0.4, 0.5) is 5.82 Å². The monoisotopic (exact) mass is 259 g/mol. The summed E-state index contributed by atoms with van der Waals surface area (Å²) in [5.74, 6) is 1.13. The predicted octanol–water partition coefficient (Wildman–Crippen LogP) is 3.59. The van der Waals surface area contributed by atoms with Crippen LogP contribution in [0.5, 0.6) is 0 Å². The summed E-state index contributed by atoms with van der Waals surface area (Å²) in [4.78, 5) is 7.08. The van der Waals surface area contributed by atoms with E-state index in [1.165, 1.54) is 57.1 Å². The number of pyridine rings is 1. The summed E-state index contributed by atoms with van der Waals surface area (Å²) in [7, 11) is 2.23. The SMILES string of the molecule is CN1CCCC1c1cccnc1NC1CCCCC1. The Morgan fingerprint density at radius 1 is 1.16 bits per heavy atom. The van der Waals surface area contributed by atoms with Crippen molar-refractivity contribution >= 4 is 5.82 Å². The van der Waals surface area contributed by atoms with Gasteiger partial charge in [0.05, 0.1) is 0 Å². The molecule has 1 aliphatic heterocycles. The van der Waals surface area contributed by atoms with E-state index < -0.39 is 0 Å². The van der Waals surface area contributed by atoms with Crippen molar-refractivity contribution in [1.29, 1.82) is 0 Å². The summed E-state index contributed by atoms with van der Waals surface area (Å²) >= 11 is 0. The van der Waals surface area contributed by atoms with Crippen LogP contribution >= 0.6 is 0 Å². The van der Waals surface area contributed by atoms with E-state index in [2.05, 4.69) is 34.4 Å². The van der Waals surface area contributed by atoms with Gasteiger partial charge in [-0.05, 0) is 45.3 Å². The Hall–Kier alpha value is -1.09. The van der Waals surface area contributed by atoms with Gasteiger partial charge >= 0.3 is 0 Å². The van der Waals surface area contributed by atoms with Crippen LogP contribution in [-0.2, 0) is 0 Å². The summed E-state index contributed by atoms with van der Waals surface area (Å²) in [6.07, 6.45) is 11.2. The van der Waals surface area contributed by atoms with Crippen LogP contribution in [-0.4, -0.2) is 29.5 Å². The van der Waals surface area contributed by atoms with Gasteiger partial charge in [-0.25, -0.2) is 4.98 Å². The lowest BCUT2D eigenvalue weighted by molar-refractivity contribution is 0.317. The van der Waals surface area contributed by atoms with Crippen molar-refractivity contribution in [3.8, 4) is 0 Å². The van der Waals surface area contributed by atoms with Gasteiger partial charge in [0, 0.05) is 23.8 Å². The molecule has 0 radical (unpaired) electrons.